The van der Waals surface area contributed by atoms with Crippen LogP contribution in [-0.4, -0.2) is 6.04 Å². The van der Waals surface area contributed by atoms with E-state index in [1.54, 1.807) is 11.1 Å². The van der Waals surface area contributed by atoms with Gasteiger partial charge in [0.05, 0.1) is 0 Å². The van der Waals surface area contributed by atoms with Crippen molar-refractivity contribution < 1.29 is 0 Å². The minimum absolute atomic E-state index is 0.619. The second-order valence-corrected chi connectivity index (χ2v) is 5.48. The summed E-state index contributed by atoms with van der Waals surface area (Å²) in [7, 11) is 0. The Morgan fingerprint density at radius 2 is 2.00 bits per heavy atom. The van der Waals surface area contributed by atoms with E-state index in [1.165, 1.54) is 32.1 Å². The normalized spacial score (nSPS) is 32.9. The van der Waals surface area contributed by atoms with E-state index in [0.29, 0.717) is 6.04 Å². The van der Waals surface area contributed by atoms with Gasteiger partial charge >= 0.3 is 0 Å². The van der Waals surface area contributed by atoms with Gasteiger partial charge in [-0.2, -0.15) is 0 Å². The van der Waals surface area contributed by atoms with Crippen LogP contribution in [0.5, 0.6) is 0 Å². The molecule has 2 aliphatic carbocycles. The van der Waals surface area contributed by atoms with Crippen LogP contribution in [-0.2, 0) is 6.42 Å². The maximum atomic E-state index is 3.84. The van der Waals surface area contributed by atoms with Crippen molar-refractivity contribution in [2.45, 2.75) is 51.1 Å². The molecule has 1 nitrogen and oxygen atoms in total. The number of benzene rings is 1. The predicted molar refractivity (Wildman–Crippen MR) is 67.4 cm³/mol. The summed E-state index contributed by atoms with van der Waals surface area (Å²) in [5.74, 6) is 0.899. The molecule has 0 heterocycles. The van der Waals surface area contributed by atoms with Gasteiger partial charge in [0, 0.05) is 12.1 Å². The van der Waals surface area contributed by atoms with Crippen molar-refractivity contribution >= 4 is 0 Å². The zero-order valence-corrected chi connectivity index (χ0v) is 10.1. The third-order valence-electron chi connectivity index (χ3n) is 4.14. The molecule has 86 valence electrons. The van der Waals surface area contributed by atoms with Gasteiger partial charge in [0.25, 0.3) is 0 Å². The molecular formula is C15H21N. The fraction of sp³-hybridized carbons (Fsp3) is 0.600. The lowest BCUT2D eigenvalue weighted by Crippen LogP contribution is -2.24. The molecule has 1 saturated carbocycles. The van der Waals surface area contributed by atoms with E-state index in [1.807, 2.05) is 0 Å². The maximum absolute atomic E-state index is 3.84. The minimum atomic E-state index is 0.619. The lowest BCUT2D eigenvalue weighted by molar-refractivity contribution is 0.476. The molecule has 1 fully saturated rings. The lowest BCUT2D eigenvalue weighted by atomic mass is 9.99. The Kier molecular flexibility index (Phi) is 2.72. The fourth-order valence-electron chi connectivity index (χ4n) is 2.91. The Bertz CT molecular complexity index is 371. The first-order valence-electron chi connectivity index (χ1n) is 6.68. The van der Waals surface area contributed by atoms with E-state index in [0.717, 1.165) is 12.0 Å². The second kappa shape index (κ2) is 4.21. The summed E-state index contributed by atoms with van der Waals surface area (Å²) in [6.07, 6.45) is 6.69. The SMILES string of the molecule is CC1CC1NC1CCCCc2ccccc21. The first-order chi connectivity index (χ1) is 7.84. The highest BCUT2D eigenvalue weighted by Gasteiger charge is 2.34. The average molecular weight is 215 g/mol. The third kappa shape index (κ3) is 2.01. The largest absolute Gasteiger partial charge is 0.307 e. The van der Waals surface area contributed by atoms with Gasteiger partial charge in [-0.25, -0.2) is 0 Å². The smallest absolute Gasteiger partial charge is 0.0325 e. The van der Waals surface area contributed by atoms with Gasteiger partial charge in [0.1, 0.15) is 0 Å². The van der Waals surface area contributed by atoms with Crippen LogP contribution in [0.1, 0.15) is 49.8 Å². The Hall–Kier alpha value is -0.820. The van der Waals surface area contributed by atoms with Crippen molar-refractivity contribution in [3.05, 3.63) is 35.4 Å². The first kappa shape index (κ1) is 10.3. The Labute approximate surface area is 98.3 Å². The molecule has 3 atom stereocenters. The Balaban J connectivity index is 1.81. The van der Waals surface area contributed by atoms with Gasteiger partial charge in [-0.3, -0.25) is 0 Å². The van der Waals surface area contributed by atoms with Gasteiger partial charge < -0.3 is 5.32 Å². The summed E-state index contributed by atoms with van der Waals surface area (Å²) < 4.78 is 0. The highest BCUT2D eigenvalue weighted by Crippen LogP contribution is 2.35. The zero-order chi connectivity index (χ0) is 11.0. The molecule has 2 aliphatic rings. The summed E-state index contributed by atoms with van der Waals surface area (Å²) in [5, 5.41) is 3.84. The lowest BCUT2D eigenvalue weighted by Gasteiger charge is -2.19. The number of hydrogen-bond acceptors (Lipinski definition) is 1. The van der Waals surface area contributed by atoms with E-state index in [2.05, 4.69) is 36.5 Å². The summed E-state index contributed by atoms with van der Waals surface area (Å²) in [6.45, 7) is 2.35. The average Bonchev–Trinajstić information content (AvgIpc) is 3.03. The van der Waals surface area contributed by atoms with E-state index in [9.17, 15) is 0 Å². The van der Waals surface area contributed by atoms with Gasteiger partial charge in [-0.1, -0.05) is 37.6 Å². The Morgan fingerprint density at radius 3 is 2.81 bits per heavy atom. The molecule has 1 aromatic rings. The maximum Gasteiger partial charge on any atom is 0.0325 e. The standard InChI is InChI=1S/C15H21N/c1-11-10-15(11)16-14-9-5-3-7-12-6-2-4-8-13(12)14/h2,4,6,8,11,14-16H,3,5,7,9-10H2,1H3. The van der Waals surface area contributed by atoms with Gasteiger partial charge in [0.15, 0.2) is 0 Å². The van der Waals surface area contributed by atoms with Crippen LogP contribution < -0.4 is 5.32 Å². The first-order valence-corrected chi connectivity index (χ1v) is 6.68. The van der Waals surface area contributed by atoms with Gasteiger partial charge in [-0.15, -0.1) is 0 Å². The number of aryl methyl sites for hydroxylation is 1. The topological polar surface area (TPSA) is 12.0 Å². The molecule has 1 aromatic carbocycles. The summed E-state index contributed by atoms with van der Waals surface area (Å²) >= 11 is 0. The monoisotopic (exact) mass is 215 g/mol. The van der Waals surface area contributed by atoms with Crippen molar-refractivity contribution in [2.24, 2.45) is 5.92 Å². The quantitative estimate of drug-likeness (QED) is 0.745. The van der Waals surface area contributed by atoms with Crippen LogP contribution in [0.25, 0.3) is 0 Å². The molecule has 1 N–H and O–H groups in total. The molecule has 0 bridgehead atoms. The molecule has 0 amide bonds. The van der Waals surface area contributed by atoms with E-state index >= 15 is 0 Å². The number of fused-ring (bicyclic) bond motifs is 1. The third-order valence-corrected chi connectivity index (χ3v) is 4.14. The molecular weight excluding hydrogens is 194 g/mol. The van der Waals surface area contributed by atoms with Crippen molar-refractivity contribution in [2.75, 3.05) is 0 Å². The van der Waals surface area contributed by atoms with E-state index in [4.69, 9.17) is 0 Å². The van der Waals surface area contributed by atoms with Gasteiger partial charge in [0.2, 0.25) is 0 Å². The van der Waals surface area contributed by atoms with Crippen LogP contribution in [0.15, 0.2) is 24.3 Å². The van der Waals surface area contributed by atoms with Crippen molar-refractivity contribution in [3.8, 4) is 0 Å². The Morgan fingerprint density at radius 1 is 1.19 bits per heavy atom. The van der Waals surface area contributed by atoms with Crippen LogP contribution in [0, 0.1) is 5.92 Å². The van der Waals surface area contributed by atoms with Crippen LogP contribution in [0.3, 0.4) is 0 Å². The molecule has 0 aliphatic heterocycles. The summed E-state index contributed by atoms with van der Waals surface area (Å²) in [4.78, 5) is 0. The molecule has 3 rings (SSSR count). The van der Waals surface area contributed by atoms with Crippen LogP contribution in [0.4, 0.5) is 0 Å². The molecule has 1 heteroatoms. The number of nitrogens with one attached hydrogen (secondary N) is 1. The van der Waals surface area contributed by atoms with Crippen molar-refractivity contribution in [1.29, 1.82) is 0 Å². The molecule has 0 spiro atoms. The van der Waals surface area contributed by atoms with Crippen molar-refractivity contribution in [1.82, 2.24) is 5.32 Å². The van der Waals surface area contributed by atoms with E-state index in [-0.39, 0.29) is 0 Å². The minimum Gasteiger partial charge on any atom is -0.307 e. The summed E-state index contributed by atoms with van der Waals surface area (Å²) in [5.41, 5.74) is 3.14. The number of hydrogen-bond donors (Lipinski definition) is 1. The zero-order valence-electron chi connectivity index (χ0n) is 10.1. The van der Waals surface area contributed by atoms with E-state index < -0.39 is 0 Å². The summed E-state index contributed by atoms with van der Waals surface area (Å²) in [6, 6.07) is 10.4. The molecule has 0 radical (unpaired) electrons. The fourth-order valence-corrected chi connectivity index (χ4v) is 2.91. The number of rotatable bonds is 2. The highest BCUT2D eigenvalue weighted by molar-refractivity contribution is 5.31. The van der Waals surface area contributed by atoms with Crippen LogP contribution in [0.2, 0.25) is 0 Å². The highest BCUT2D eigenvalue weighted by atomic mass is 15.0. The molecule has 16 heavy (non-hydrogen) atoms. The molecule has 3 unspecified atom stereocenters. The van der Waals surface area contributed by atoms with Gasteiger partial charge in [-0.05, 0) is 42.7 Å². The van der Waals surface area contributed by atoms with Crippen molar-refractivity contribution in [3.63, 3.8) is 0 Å². The second-order valence-electron chi connectivity index (χ2n) is 5.48. The van der Waals surface area contributed by atoms with Crippen LogP contribution >= 0.6 is 0 Å². The molecule has 0 saturated heterocycles. The predicted octanol–water partition coefficient (Wildman–Crippen LogP) is 3.45. The molecule has 0 aromatic heterocycles.